The summed E-state index contributed by atoms with van der Waals surface area (Å²) >= 11 is 3.17. The van der Waals surface area contributed by atoms with Gasteiger partial charge in [-0.15, -0.1) is 0 Å². The molecule has 0 saturated heterocycles. The van der Waals surface area contributed by atoms with Crippen molar-refractivity contribution in [2.24, 2.45) is 0 Å². The lowest BCUT2D eigenvalue weighted by Gasteiger charge is -2.18. The molecule has 0 aliphatic heterocycles. The van der Waals surface area contributed by atoms with E-state index >= 15 is 0 Å². The molecule has 2 nitrogen and oxygen atoms in total. The van der Waals surface area contributed by atoms with Crippen LogP contribution in [0.1, 0.15) is 15.9 Å². The first-order valence-electron chi connectivity index (χ1n) is 6.03. The Kier molecular flexibility index (Phi) is 4.67. The van der Waals surface area contributed by atoms with E-state index in [1.807, 2.05) is 0 Å². The van der Waals surface area contributed by atoms with Crippen LogP contribution in [0.4, 0.5) is 13.2 Å². The van der Waals surface area contributed by atoms with Crippen LogP contribution in [0.2, 0.25) is 0 Å². The SMILES string of the molecule is CN(Cc1ccc(F)cc1F)C(=O)c1cc(F)ccc1Br. The molecule has 2 rings (SSSR count). The van der Waals surface area contributed by atoms with E-state index in [2.05, 4.69) is 15.9 Å². The summed E-state index contributed by atoms with van der Waals surface area (Å²) in [4.78, 5) is 13.5. The summed E-state index contributed by atoms with van der Waals surface area (Å²) in [6.07, 6.45) is 0. The molecule has 0 unspecified atom stereocenters. The number of rotatable bonds is 3. The minimum absolute atomic E-state index is 0.0477. The number of hydrogen-bond donors (Lipinski definition) is 0. The number of hydrogen-bond acceptors (Lipinski definition) is 1. The normalized spacial score (nSPS) is 10.5. The lowest BCUT2D eigenvalue weighted by Crippen LogP contribution is -2.27. The predicted molar refractivity (Wildman–Crippen MR) is 76.3 cm³/mol. The smallest absolute Gasteiger partial charge is 0.255 e. The predicted octanol–water partition coefficient (Wildman–Crippen LogP) is 4.14. The molecule has 0 spiro atoms. The van der Waals surface area contributed by atoms with Gasteiger partial charge in [-0.2, -0.15) is 0 Å². The van der Waals surface area contributed by atoms with Gasteiger partial charge in [0.2, 0.25) is 0 Å². The van der Waals surface area contributed by atoms with Crippen molar-refractivity contribution in [3.63, 3.8) is 0 Å². The average Bonchev–Trinajstić information content (AvgIpc) is 2.43. The Labute approximate surface area is 128 Å². The lowest BCUT2D eigenvalue weighted by molar-refractivity contribution is 0.0782. The number of halogens is 4. The molecule has 0 N–H and O–H groups in total. The maximum absolute atomic E-state index is 13.6. The van der Waals surface area contributed by atoms with Crippen molar-refractivity contribution in [3.8, 4) is 0 Å². The molecule has 0 aromatic heterocycles. The Bertz CT molecular complexity index is 691. The van der Waals surface area contributed by atoms with Gasteiger partial charge in [-0.05, 0) is 40.2 Å². The molecule has 0 heterocycles. The fourth-order valence-electron chi connectivity index (χ4n) is 1.84. The zero-order chi connectivity index (χ0) is 15.6. The molecule has 0 aliphatic carbocycles. The number of carbonyl (C=O) groups is 1. The molecule has 0 aliphatic rings. The maximum atomic E-state index is 13.6. The molecule has 0 radical (unpaired) electrons. The first-order chi connectivity index (χ1) is 9.88. The summed E-state index contributed by atoms with van der Waals surface area (Å²) in [5, 5.41) is 0. The van der Waals surface area contributed by atoms with Gasteiger partial charge in [0, 0.05) is 29.7 Å². The molecule has 6 heteroatoms. The van der Waals surface area contributed by atoms with Crippen LogP contribution in [-0.2, 0) is 6.54 Å². The second kappa shape index (κ2) is 6.30. The number of benzene rings is 2. The third kappa shape index (κ3) is 3.64. The van der Waals surface area contributed by atoms with E-state index < -0.39 is 23.4 Å². The van der Waals surface area contributed by atoms with E-state index in [-0.39, 0.29) is 17.7 Å². The topological polar surface area (TPSA) is 20.3 Å². The summed E-state index contributed by atoms with van der Waals surface area (Å²) in [7, 11) is 1.46. The molecular formula is C15H11BrF3NO. The molecule has 0 bridgehead atoms. The molecule has 0 fully saturated rings. The summed E-state index contributed by atoms with van der Waals surface area (Å²) < 4.78 is 40.1. The third-order valence-electron chi connectivity index (χ3n) is 2.93. The van der Waals surface area contributed by atoms with Crippen molar-refractivity contribution in [3.05, 3.63) is 69.4 Å². The number of amides is 1. The quantitative estimate of drug-likeness (QED) is 0.808. The molecule has 0 atom stereocenters. The second-order valence-corrected chi connectivity index (χ2v) is 5.38. The standard InChI is InChI=1S/C15H11BrF3NO/c1-20(8-9-2-3-11(18)7-14(9)19)15(21)12-6-10(17)4-5-13(12)16/h2-7H,8H2,1H3. The lowest BCUT2D eigenvalue weighted by atomic mass is 10.1. The zero-order valence-electron chi connectivity index (χ0n) is 11.0. The summed E-state index contributed by atoms with van der Waals surface area (Å²) in [5.41, 5.74) is 0.319. The fraction of sp³-hybridized carbons (Fsp3) is 0.133. The van der Waals surface area contributed by atoms with Crippen molar-refractivity contribution < 1.29 is 18.0 Å². The van der Waals surface area contributed by atoms with E-state index in [0.717, 1.165) is 18.2 Å². The van der Waals surface area contributed by atoms with Crippen LogP contribution in [0.5, 0.6) is 0 Å². The number of nitrogens with zero attached hydrogens (tertiary/aromatic N) is 1. The Hall–Kier alpha value is -1.82. The maximum Gasteiger partial charge on any atom is 0.255 e. The van der Waals surface area contributed by atoms with E-state index in [1.54, 1.807) is 0 Å². The van der Waals surface area contributed by atoms with Gasteiger partial charge in [0.25, 0.3) is 5.91 Å². The highest BCUT2D eigenvalue weighted by Gasteiger charge is 2.17. The Balaban J connectivity index is 2.21. The first-order valence-corrected chi connectivity index (χ1v) is 6.82. The summed E-state index contributed by atoms with van der Waals surface area (Å²) in [6, 6.07) is 6.90. The molecule has 21 heavy (non-hydrogen) atoms. The highest BCUT2D eigenvalue weighted by atomic mass is 79.9. The van der Waals surface area contributed by atoms with Gasteiger partial charge in [0.05, 0.1) is 5.56 Å². The van der Waals surface area contributed by atoms with E-state index in [1.165, 1.54) is 30.1 Å². The minimum Gasteiger partial charge on any atom is -0.337 e. The fourth-order valence-corrected chi connectivity index (χ4v) is 2.26. The van der Waals surface area contributed by atoms with Crippen LogP contribution in [-0.4, -0.2) is 17.9 Å². The van der Waals surface area contributed by atoms with Gasteiger partial charge in [0.15, 0.2) is 0 Å². The molecule has 1 amide bonds. The van der Waals surface area contributed by atoms with Crippen LogP contribution >= 0.6 is 15.9 Å². The van der Waals surface area contributed by atoms with Crippen molar-refractivity contribution in [2.45, 2.75) is 6.54 Å². The van der Waals surface area contributed by atoms with Crippen LogP contribution in [0, 0.1) is 17.5 Å². The van der Waals surface area contributed by atoms with Gasteiger partial charge in [-0.3, -0.25) is 4.79 Å². The minimum atomic E-state index is -0.729. The van der Waals surface area contributed by atoms with Gasteiger partial charge < -0.3 is 4.90 Å². The second-order valence-electron chi connectivity index (χ2n) is 4.52. The Morgan fingerprint density at radius 3 is 2.38 bits per heavy atom. The highest BCUT2D eigenvalue weighted by Crippen LogP contribution is 2.20. The summed E-state index contributed by atoms with van der Waals surface area (Å²) in [6.45, 7) is -0.0477. The van der Waals surface area contributed by atoms with Crippen molar-refractivity contribution >= 4 is 21.8 Å². The molecule has 2 aromatic rings. The first kappa shape index (κ1) is 15.6. The average molecular weight is 358 g/mol. The van der Waals surface area contributed by atoms with Crippen molar-refractivity contribution in [1.29, 1.82) is 0 Å². The van der Waals surface area contributed by atoms with E-state index in [9.17, 15) is 18.0 Å². The van der Waals surface area contributed by atoms with Crippen LogP contribution < -0.4 is 0 Å². The van der Waals surface area contributed by atoms with Gasteiger partial charge in [-0.25, -0.2) is 13.2 Å². The molecule has 2 aromatic carbocycles. The molecule has 110 valence electrons. The summed E-state index contributed by atoms with van der Waals surface area (Å²) in [5.74, 6) is -2.42. The van der Waals surface area contributed by atoms with Gasteiger partial charge in [-0.1, -0.05) is 6.07 Å². The number of carbonyl (C=O) groups excluding carboxylic acids is 1. The molecular weight excluding hydrogens is 347 g/mol. The van der Waals surface area contributed by atoms with Gasteiger partial charge in [0.1, 0.15) is 17.5 Å². The zero-order valence-corrected chi connectivity index (χ0v) is 12.6. The van der Waals surface area contributed by atoms with Crippen molar-refractivity contribution in [2.75, 3.05) is 7.05 Å². The molecule has 0 saturated carbocycles. The monoisotopic (exact) mass is 357 g/mol. The van der Waals surface area contributed by atoms with E-state index in [0.29, 0.717) is 4.47 Å². The highest BCUT2D eigenvalue weighted by molar-refractivity contribution is 9.10. The Morgan fingerprint density at radius 1 is 1.10 bits per heavy atom. The van der Waals surface area contributed by atoms with Crippen LogP contribution in [0.15, 0.2) is 40.9 Å². The largest absolute Gasteiger partial charge is 0.337 e. The van der Waals surface area contributed by atoms with Crippen molar-refractivity contribution in [1.82, 2.24) is 4.90 Å². The Morgan fingerprint density at radius 2 is 1.71 bits per heavy atom. The van der Waals surface area contributed by atoms with Crippen LogP contribution in [0.3, 0.4) is 0 Å². The van der Waals surface area contributed by atoms with Crippen LogP contribution in [0.25, 0.3) is 0 Å². The third-order valence-corrected chi connectivity index (χ3v) is 3.62. The van der Waals surface area contributed by atoms with Gasteiger partial charge >= 0.3 is 0 Å². The van der Waals surface area contributed by atoms with E-state index in [4.69, 9.17) is 0 Å².